The molecular formula is C18H20N2O3S. The third-order valence-corrected chi connectivity index (χ3v) is 7.21. The molecule has 24 heavy (non-hydrogen) atoms. The lowest BCUT2D eigenvalue weighted by atomic mass is 9.96. The first-order chi connectivity index (χ1) is 11.4. The van der Waals surface area contributed by atoms with Gasteiger partial charge in [-0.05, 0) is 55.4 Å². The molecule has 2 fully saturated rings. The number of hydrogen-bond donors (Lipinski definition) is 1. The van der Waals surface area contributed by atoms with E-state index in [1.165, 1.54) is 0 Å². The van der Waals surface area contributed by atoms with E-state index in [-0.39, 0.29) is 28.7 Å². The molecule has 2 aromatic rings. The van der Waals surface area contributed by atoms with Crippen molar-refractivity contribution in [3.8, 4) is 0 Å². The topological polar surface area (TPSA) is 76.1 Å². The highest BCUT2D eigenvalue weighted by atomic mass is 32.2. The lowest BCUT2D eigenvalue weighted by Gasteiger charge is -2.22. The van der Waals surface area contributed by atoms with Crippen molar-refractivity contribution in [2.75, 3.05) is 16.8 Å². The van der Waals surface area contributed by atoms with Crippen LogP contribution < -0.4 is 5.32 Å². The minimum Gasteiger partial charge on any atom is -0.325 e. The maximum Gasteiger partial charge on any atom is 0.228 e. The van der Waals surface area contributed by atoms with Gasteiger partial charge in [0.25, 0.3) is 0 Å². The molecule has 4 rings (SSSR count). The van der Waals surface area contributed by atoms with E-state index in [1.807, 2.05) is 31.2 Å². The highest BCUT2D eigenvalue weighted by Crippen LogP contribution is 2.60. The molecular weight excluding hydrogens is 324 g/mol. The molecule has 1 aliphatic heterocycles. The van der Waals surface area contributed by atoms with Gasteiger partial charge in [0.1, 0.15) is 9.84 Å². The van der Waals surface area contributed by atoms with Gasteiger partial charge in [-0.25, -0.2) is 8.42 Å². The number of amides is 1. The van der Waals surface area contributed by atoms with Crippen molar-refractivity contribution >= 4 is 32.3 Å². The first-order valence-corrected chi connectivity index (χ1v) is 10.1. The van der Waals surface area contributed by atoms with E-state index in [0.29, 0.717) is 12.8 Å². The highest BCUT2D eigenvalue weighted by molar-refractivity contribution is 7.91. The maximum atomic E-state index is 12.7. The number of nitrogens with zero attached hydrogens (tertiary/aromatic N) is 1. The number of sulfone groups is 1. The normalized spacial score (nSPS) is 24.0. The van der Waals surface area contributed by atoms with Gasteiger partial charge in [-0.2, -0.15) is 0 Å². The van der Waals surface area contributed by atoms with Crippen LogP contribution in [0.25, 0.3) is 10.9 Å². The molecule has 1 atom stereocenters. The predicted molar refractivity (Wildman–Crippen MR) is 93.5 cm³/mol. The summed E-state index contributed by atoms with van der Waals surface area (Å²) in [6.07, 6.45) is 3.78. The van der Waals surface area contributed by atoms with E-state index in [1.54, 1.807) is 6.20 Å². The predicted octanol–water partition coefficient (Wildman–Crippen LogP) is 2.70. The van der Waals surface area contributed by atoms with E-state index < -0.39 is 9.84 Å². The van der Waals surface area contributed by atoms with Gasteiger partial charge in [0.2, 0.25) is 5.91 Å². The van der Waals surface area contributed by atoms with Crippen LogP contribution in [0.4, 0.5) is 5.69 Å². The fourth-order valence-electron chi connectivity index (χ4n) is 3.86. The summed E-state index contributed by atoms with van der Waals surface area (Å²) < 4.78 is 23.2. The number of carbonyl (C=O) groups excluding carboxylic acids is 1. The molecule has 5 nitrogen and oxygen atoms in total. The second-order valence-corrected chi connectivity index (χ2v) is 9.39. The average molecular weight is 344 g/mol. The molecule has 2 aliphatic rings. The van der Waals surface area contributed by atoms with Gasteiger partial charge >= 0.3 is 0 Å². The lowest BCUT2D eigenvalue weighted by Crippen LogP contribution is -2.28. The van der Waals surface area contributed by atoms with Crippen molar-refractivity contribution in [2.24, 2.45) is 11.3 Å². The van der Waals surface area contributed by atoms with E-state index in [0.717, 1.165) is 28.6 Å². The molecule has 1 saturated carbocycles. The molecule has 0 bridgehead atoms. The maximum absolute atomic E-state index is 12.7. The summed E-state index contributed by atoms with van der Waals surface area (Å²) in [5, 5.41) is 3.97. The van der Waals surface area contributed by atoms with Crippen LogP contribution in [0.5, 0.6) is 0 Å². The zero-order chi connectivity index (χ0) is 16.9. The van der Waals surface area contributed by atoms with Crippen LogP contribution in [0.1, 0.15) is 24.8 Å². The number of aryl methyl sites for hydroxylation is 1. The SMILES string of the molecule is Cc1ccc(NC(=O)C2CC23CCS(=O)(=O)CC3)c2cccnc12. The Morgan fingerprint density at radius 2 is 2.00 bits per heavy atom. The van der Waals surface area contributed by atoms with Crippen molar-refractivity contribution in [1.29, 1.82) is 0 Å². The van der Waals surface area contributed by atoms with Crippen LogP contribution in [-0.2, 0) is 14.6 Å². The van der Waals surface area contributed by atoms with Crippen molar-refractivity contribution in [2.45, 2.75) is 26.2 Å². The van der Waals surface area contributed by atoms with Gasteiger partial charge in [-0.3, -0.25) is 9.78 Å². The first kappa shape index (κ1) is 15.6. The third-order valence-electron chi connectivity index (χ3n) is 5.56. The molecule has 1 spiro atoms. The Kier molecular flexibility index (Phi) is 3.42. The lowest BCUT2D eigenvalue weighted by molar-refractivity contribution is -0.118. The van der Waals surface area contributed by atoms with Crippen LogP contribution in [0.15, 0.2) is 30.5 Å². The summed E-state index contributed by atoms with van der Waals surface area (Å²) in [5.74, 6) is 0.367. The Morgan fingerprint density at radius 1 is 1.25 bits per heavy atom. The number of pyridine rings is 1. The van der Waals surface area contributed by atoms with E-state index in [2.05, 4.69) is 10.3 Å². The molecule has 1 N–H and O–H groups in total. The highest BCUT2D eigenvalue weighted by Gasteiger charge is 2.59. The molecule has 1 unspecified atom stereocenters. The largest absolute Gasteiger partial charge is 0.325 e. The van der Waals surface area contributed by atoms with Gasteiger partial charge in [-0.15, -0.1) is 0 Å². The second-order valence-electron chi connectivity index (χ2n) is 7.09. The number of benzene rings is 1. The Hall–Kier alpha value is -1.95. The van der Waals surface area contributed by atoms with Gasteiger partial charge in [0.15, 0.2) is 0 Å². The van der Waals surface area contributed by atoms with E-state index in [4.69, 9.17) is 0 Å². The molecule has 1 aromatic heterocycles. The summed E-state index contributed by atoms with van der Waals surface area (Å²) in [6.45, 7) is 2.00. The number of aromatic nitrogens is 1. The molecule has 126 valence electrons. The minimum atomic E-state index is -2.90. The minimum absolute atomic E-state index is 0.00306. The van der Waals surface area contributed by atoms with Gasteiger partial charge in [0, 0.05) is 17.5 Å². The number of anilines is 1. The summed E-state index contributed by atoms with van der Waals surface area (Å²) in [7, 11) is -2.90. The van der Waals surface area contributed by atoms with Crippen LogP contribution in [0.2, 0.25) is 0 Å². The number of hydrogen-bond acceptors (Lipinski definition) is 4. The molecule has 1 saturated heterocycles. The van der Waals surface area contributed by atoms with Crippen molar-refractivity contribution in [3.63, 3.8) is 0 Å². The Morgan fingerprint density at radius 3 is 2.75 bits per heavy atom. The van der Waals surface area contributed by atoms with Crippen LogP contribution in [-0.4, -0.2) is 30.8 Å². The number of fused-ring (bicyclic) bond motifs is 1. The van der Waals surface area contributed by atoms with Gasteiger partial charge < -0.3 is 5.32 Å². The van der Waals surface area contributed by atoms with Gasteiger partial charge in [0.05, 0.1) is 22.7 Å². The van der Waals surface area contributed by atoms with Gasteiger partial charge in [-0.1, -0.05) is 6.07 Å². The van der Waals surface area contributed by atoms with Crippen molar-refractivity contribution in [1.82, 2.24) is 4.98 Å². The molecule has 1 aliphatic carbocycles. The number of carbonyl (C=O) groups is 1. The smallest absolute Gasteiger partial charge is 0.228 e. The van der Waals surface area contributed by atoms with E-state index >= 15 is 0 Å². The zero-order valence-corrected chi connectivity index (χ0v) is 14.4. The number of nitrogens with one attached hydrogen (secondary N) is 1. The van der Waals surface area contributed by atoms with Crippen LogP contribution >= 0.6 is 0 Å². The molecule has 1 aromatic carbocycles. The second kappa shape index (κ2) is 5.28. The zero-order valence-electron chi connectivity index (χ0n) is 13.6. The van der Waals surface area contributed by atoms with Crippen molar-refractivity contribution < 1.29 is 13.2 Å². The van der Waals surface area contributed by atoms with Crippen molar-refractivity contribution in [3.05, 3.63) is 36.0 Å². The monoisotopic (exact) mass is 344 g/mol. The quantitative estimate of drug-likeness (QED) is 0.909. The first-order valence-electron chi connectivity index (χ1n) is 8.26. The number of rotatable bonds is 2. The Bertz CT molecular complexity index is 922. The summed E-state index contributed by atoms with van der Waals surface area (Å²) in [6, 6.07) is 7.70. The fraction of sp³-hybridized carbons (Fsp3) is 0.444. The summed E-state index contributed by atoms with van der Waals surface area (Å²) in [4.78, 5) is 17.0. The summed E-state index contributed by atoms with van der Waals surface area (Å²) in [5.41, 5.74) is 2.65. The molecule has 2 heterocycles. The third kappa shape index (κ3) is 2.59. The Balaban J connectivity index is 1.53. The van der Waals surface area contributed by atoms with E-state index in [9.17, 15) is 13.2 Å². The molecule has 6 heteroatoms. The average Bonchev–Trinajstić information content (AvgIpc) is 3.28. The van der Waals surface area contributed by atoms with Crippen LogP contribution in [0, 0.1) is 18.3 Å². The van der Waals surface area contributed by atoms with Crippen LogP contribution in [0.3, 0.4) is 0 Å². The molecule has 1 amide bonds. The fourth-order valence-corrected chi connectivity index (χ4v) is 5.50. The summed E-state index contributed by atoms with van der Waals surface area (Å²) >= 11 is 0. The standard InChI is InChI=1S/C18H20N2O3S/c1-12-4-5-15(13-3-2-8-19-16(12)13)20-17(21)14-11-18(14)6-9-24(22,23)10-7-18/h2-5,8,14H,6-7,9-11H2,1H3,(H,20,21). The Labute approximate surface area is 141 Å². The molecule has 0 radical (unpaired) electrons.